The standard InChI is InChI=1S/C9H18F3N3O2S/c10-9(11,12)1-2-14-18(16,17)8-7-15-5-3-13-4-6-15/h13-14H,1-8H2. The summed E-state index contributed by atoms with van der Waals surface area (Å²) in [5.41, 5.74) is 0. The van der Waals surface area contributed by atoms with E-state index < -0.39 is 29.2 Å². The van der Waals surface area contributed by atoms with Crippen molar-refractivity contribution in [2.24, 2.45) is 0 Å². The highest BCUT2D eigenvalue weighted by molar-refractivity contribution is 7.89. The number of sulfonamides is 1. The summed E-state index contributed by atoms with van der Waals surface area (Å²) in [7, 11) is -3.62. The quantitative estimate of drug-likeness (QED) is 0.709. The van der Waals surface area contributed by atoms with Crippen LogP contribution < -0.4 is 10.0 Å². The van der Waals surface area contributed by atoms with Crippen LogP contribution in [0.25, 0.3) is 0 Å². The van der Waals surface area contributed by atoms with Gasteiger partial charge in [0.1, 0.15) is 0 Å². The van der Waals surface area contributed by atoms with Crippen molar-refractivity contribution >= 4 is 10.0 Å². The molecule has 0 saturated carbocycles. The highest BCUT2D eigenvalue weighted by Gasteiger charge is 2.27. The molecule has 18 heavy (non-hydrogen) atoms. The number of hydrogen-bond donors (Lipinski definition) is 2. The molecule has 1 aliphatic heterocycles. The Morgan fingerprint density at radius 2 is 1.83 bits per heavy atom. The second-order valence-electron chi connectivity index (χ2n) is 4.17. The lowest BCUT2D eigenvalue weighted by Crippen LogP contribution is -2.46. The summed E-state index contributed by atoms with van der Waals surface area (Å²) in [6.07, 6.45) is -5.47. The molecule has 0 aromatic rings. The highest BCUT2D eigenvalue weighted by atomic mass is 32.2. The van der Waals surface area contributed by atoms with E-state index in [4.69, 9.17) is 0 Å². The monoisotopic (exact) mass is 289 g/mol. The maximum absolute atomic E-state index is 11.9. The van der Waals surface area contributed by atoms with Crippen LogP contribution in [0.15, 0.2) is 0 Å². The molecule has 0 radical (unpaired) electrons. The van der Waals surface area contributed by atoms with Crippen LogP contribution in [0.5, 0.6) is 0 Å². The Labute approximate surface area is 105 Å². The summed E-state index contributed by atoms with van der Waals surface area (Å²) >= 11 is 0. The van der Waals surface area contributed by atoms with Crippen LogP contribution in [-0.4, -0.2) is 64.5 Å². The van der Waals surface area contributed by atoms with E-state index in [0.29, 0.717) is 6.54 Å². The maximum atomic E-state index is 11.9. The number of rotatable bonds is 6. The van der Waals surface area contributed by atoms with Gasteiger partial charge in [0, 0.05) is 39.3 Å². The molecule has 1 heterocycles. The first-order chi connectivity index (χ1) is 8.29. The van der Waals surface area contributed by atoms with Gasteiger partial charge in [-0.1, -0.05) is 0 Å². The van der Waals surface area contributed by atoms with Crippen LogP contribution in [0.4, 0.5) is 13.2 Å². The predicted octanol–water partition coefficient (Wildman–Crippen LogP) is -0.237. The van der Waals surface area contributed by atoms with Gasteiger partial charge in [-0.2, -0.15) is 13.2 Å². The highest BCUT2D eigenvalue weighted by Crippen LogP contribution is 2.18. The van der Waals surface area contributed by atoms with Crippen molar-refractivity contribution in [2.75, 3.05) is 45.0 Å². The third-order valence-corrected chi connectivity index (χ3v) is 3.98. The first kappa shape index (κ1) is 15.7. The maximum Gasteiger partial charge on any atom is 0.390 e. The Balaban J connectivity index is 2.22. The fourth-order valence-electron chi connectivity index (χ4n) is 1.60. The molecule has 2 N–H and O–H groups in total. The molecule has 108 valence electrons. The molecule has 0 aromatic carbocycles. The molecule has 0 unspecified atom stereocenters. The number of halogens is 3. The van der Waals surface area contributed by atoms with Crippen LogP contribution in [0.1, 0.15) is 6.42 Å². The van der Waals surface area contributed by atoms with E-state index in [1.807, 2.05) is 9.62 Å². The predicted molar refractivity (Wildman–Crippen MR) is 61.8 cm³/mol. The van der Waals surface area contributed by atoms with Crippen LogP contribution in [0.2, 0.25) is 0 Å². The van der Waals surface area contributed by atoms with E-state index in [9.17, 15) is 21.6 Å². The zero-order chi connectivity index (χ0) is 13.6. The average Bonchev–Trinajstić information content (AvgIpc) is 2.26. The Hall–Kier alpha value is -0.380. The third-order valence-electron chi connectivity index (χ3n) is 2.62. The zero-order valence-electron chi connectivity index (χ0n) is 9.96. The lowest BCUT2D eigenvalue weighted by molar-refractivity contribution is -0.132. The van der Waals surface area contributed by atoms with Gasteiger partial charge in [0.15, 0.2) is 0 Å². The average molecular weight is 289 g/mol. The fourth-order valence-corrected chi connectivity index (χ4v) is 2.66. The molecule has 0 aromatic heterocycles. The summed E-state index contributed by atoms with van der Waals surface area (Å²) in [5, 5.41) is 3.13. The molecule has 0 spiro atoms. The van der Waals surface area contributed by atoms with Crippen molar-refractivity contribution in [3.8, 4) is 0 Å². The lowest BCUT2D eigenvalue weighted by Gasteiger charge is -2.26. The summed E-state index contributed by atoms with van der Waals surface area (Å²) in [4.78, 5) is 1.97. The van der Waals surface area contributed by atoms with Crippen LogP contribution >= 0.6 is 0 Å². The molecular weight excluding hydrogens is 271 g/mol. The van der Waals surface area contributed by atoms with Crippen LogP contribution in [0.3, 0.4) is 0 Å². The van der Waals surface area contributed by atoms with E-state index in [1.165, 1.54) is 0 Å². The van der Waals surface area contributed by atoms with E-state index in [-0.39, 0.29) is 5.75 Å². The van der Waals surface area contributed by atoms with Crippen molar-refractivity contribution in [1.82, 2.24) is 14.9 Å². The van der Waals surface area contributed by atoms with Crippen LogP contribution in [-0.2, 0) is 10.0 Å². The molecule has 1 rings (SSSR count). The zero-order valence-corrected chi connectivity index (χ0v) is 10.8. The SMILES string of the molecule is O=S(=O)(CCN1CCNCC1)NCCC(F)(F)F. The van der Waals surface area contributed by atoms with E-state index >= 15 is 0 Å². The van der Waals surface area contributed by atoms with Gasteiger partial charge in [-0.3, -0.25) is 4.90 Å². The van der Waals surface area contributed by atoms with Gasteiger partial charge < -0.3 is 5.32 Å². The molecule has 0 atom stereocenters. The minimum atomic E-state index is -4.33. The minimum Gasteiger partial charge on any atom is -0.314 e. The molecule has 1 fully saturated rings. The largest absolute Gasteiger partial charge is 0.390 e. The number of nitrogens with zero attached hydrogens (tertiary/aromatic N) is 1. The summed E-state index contributed by atoms with van der Waals surface area (Å²) in [6.45, 7) is 2.90. The second-order valence-corrected chi connectivity index (χ2v) is 6.10. The number of nitrogens with one attached hydrogen (secondary N) is 2. The molecule has 9 heteroatoms. The second kappa shape index (κ2) is 6.69. The molecule has 5 nitrogen and oxygen atoms in total. The van der Waals surface area contributed by atoms with Crippen LogP contribution in [0, 0.1) is 0 Å². The van der Waals surface area contributed by atoms with Crippen molar-refractivity contribution in [1.29, 1.82) is 0 Å². The van der Waals surface area contributed by atoms with Crippen molar-refractivity contribution < 1.29 is 21.6 Å². The summed E-state index contributed by atoms with van der Waals surface area (Å²) in [5.74, 6) is -0.162. The first-order valence-corrected chi connectivity index (χ1v) is 7.41. The van der Waals surface area contributed by atoms with E-state index in [2.05, 4.69) is 5.32 Å². The Bertz CT molecular complexity index is 339. The van der Waals surface area contributed by atoms with E-state index in [0.717, 1.165) is 26.2 Å². The number of piperazine rings is 1. The molecule has 0 amide bonds. The van der Waals surface area contributed by atoms with E-state index in [1.54, 1.807) is 0 Å². The normalized spacial score (nSPS) is 19.1. The Morgan fingerprint density at radius 3 is 2.39 bits per heavy atom. The molecule has 1 aliphatic rings. The summed E-state index contributed by atoms with van der Waals surface area (Å²) in [6, 6.07) is 0. The van der Waals surface area contributed by atoms with Gasteiger partial charge in [0.05, 0.1) is 12.2 Å². The van der Waals surface area contributed by atoms with Gasteiger partial charge in [-0.25, -0.2) is 13.1 Å². The molecule has 0 bridgehead atoms. The number of hydrogen-bond acceptors (Lipinski definition) is 4. The third kappa shape index (κ3) is 7.14. The Morgan fingerprint density at radius 1 is 1.22 bits per heavy atom. The smallest absolute Gasteiger partial charge is 0.314 e. The molecule has 1 saturated heterocycles. The lowest BCUT2D eigenvalue weighted by atomic mass is 10.4. The van der Waals surface area contributed by atoms with Gasteiger partial charge in [-0.15, -0.1) is 0 Å². The van der Waals surface area contributed by atoms with Gasteiger partial charge >= 0.3 is 6.18 Å². The summed E-state index contributed by atoms with van der Waals surface area (Å²) < 4.78 is 60.4. The molecular formula is C9H18F3N3O2S. The van der Waals surface area contributed by atoms with Crippen molar-refractivity contribution in [3.05, 3.63) is 0 Å². The minimum absolute atomic E-state index is 0.162. The fraction of sp³-hybridized carbons (Fsp3) is 1.00. The van der Waals surface area contributed by atoms with Crippen molar-refractivity contribution in [2.45, 2.75) is 12.6 Å². The molecule has 0 aliphatic carbocycles. The topological polar surface area (TPSA) is 61.4 Å². The van der Waals surface area contributed by atoms with Gasteiger partial charge in [-0.05, 0) is 0 Å². The van der Waals surface area contributed by atoms with Gasteiger partial charge in [0.25, 0.3) is 0 Å². The van der Waals surface area contributed by atoms with Gasteiger partial charge in [0.2, 0.25) is 10.0 Å². The Kier molecular flexibility index (Phi) is 5.83. The number of alkyl halides is 3. The van der Waals surface area contributed by atoms with Crippen molar-refractivity contribution in [3.63, 3.8) is 0 Å². The first-order valence-electron chi connectivity index (χ1n) is 5.76.